The molecule has 16 heteroatoms. The summed E-state index contributed by atoms with van der Waals surface area (Å²) in [4.78, 5) is 66.7. The zero-order chi connectivity index (χ0) is 43.1. The summed E-state index contributed by atoms with van der Waals surface area (Å²) in [5.41, 5.74) is 11.7. The molecule has 0 saturated carbocycles. The number of piperazine rings is 1. The lowest BCUT2D eigenvalue weighted by atomic mass is 9.90. The predicted molar refractivity (Wildman–Crippen MR) is 225 cm³/mol. The van der Waals surface area contributed by atoms with Crippen molar-refractivity contribution in [1.29, 1.82) is 0 Å². The van der Waals surface area contributed by atoms with Crippen LogP contribution in [0.1, 0.15) is 94.8 Å². The predicted octanol–water partition coefficient (Wildman–Crippen LogP) is 6.11. The topological polar surface area (TPSA) is 154 Å². The van der Waals surface area contributed by atoms with Crippen LogP contribution >= 0.6 is 0 Å². The monoisotopic (exact) mass is 842 g/mol. The van der Waals surface area contributed by atoms with Crippen molar-refractivity contribution in [2.75, 3.05) is 63.5 Å². The maximum absolute atomic E-state index is 13.2. The van der Waals surface area contributed by atoms with E-state index >= 15 is 0 Å². The van der Waals surface area contributed by atoms with Crippen LogP contribution in [0, 0.1) is 0 Å². The van der Waals surface area contributed by atoms with Gasteiger partial charge in [-0.15, -0.1) is 13.2 Å². The largest absolute Gasteiger partial charge is 0.573 e. The standard InChI is InChI=1S/C45H53F3N8O5/c1-53(40-13-14-41(58)52-43(40)59)27-33-24-30(7-8-32(33)28-57)6-4-2-3-5-17-54-20-22-55(23-21-54)34-9-11-37-39(25-34)50-29-51-42(37)31-15-18-56(19-16-31)44(60)36-12-10-35(26-38(36)49)61-45(46,47)48/h7-12,24-26,28-29,31,40H,2-6,13-23,27,49H2,1H3,(H,52,58,59). The van der Waals surface area contributed by atoms with Gasteiger partial charge in [-0.25, -0.2) is 9.97 Å². The molecule has 7 rings (SSSR count). The molecule has 13 nitrogen and oxygen atoms in total. The van der Waals surface area contributed by atoms with Crippen LogP contribution in [0.15, 0.2) is 60.9 Å². The number of nitrogen functional groups attached to an aromatic ring is 1. The third-order valence-electron chi connectivity index (χ3n) is 12.2. The maximum Gasteiger partial charge on any atom is 0.573 e. The van der Waals surface area contributed by atoms with E-state index in [9.17, 15) is 32.3 Å². The minimum atomic E-state index is -4.85. The van der Waals surface area contributed by atoms with E-state index in [1.807, 2.05) is 24.1 Å². The summed E-state index contributed by atoms with van der Waals surface area (Å²) in [7, 11) is 1.86. The van der Waals surface area contributed by atoms with E-state index in [0.29, 0.717) is 50.9 Å². The molecule has 1 aromatic heterocycles. The molecular formula is C45H53F3N8O5. The number of hydrogen-bond donors (Lipinski definition) is 2. The highest BCUT2D eigenvalue weighted by atomic mass is 19.4. The zero-order valence-corrected chi connectivity index (χ0v) is 34.5. The number of ether oxygens (including phenoxy) is 1. The molecule has 0 aliphatic carbocycles. The number of halogens is 3. The Morgan fingerprint density at radius 3 is 2.43 bits per heavy atom. The molecule has 3 aliphatic rings. The van der Waals surface area contributed by atoms with Crippen molar-refractivity contribution in [3.8, 4) is 5.75 Å². The number of aldehydes is 1. The second kappa shape index (κ2) is 19.4. The molecule has 3 N–H and O–H groups in total. The number of rotatable bonds is 15. The SMILES string of the molecule is CN(Cc1cc(CCCCCCN2CCN(c3ccc4c(C5CCN(C(=O)c6ccc(OC(F)(F)F)cc6N)CC5)ncnc4c3)CC2)ccc1C=O)C1CCC(=O)NC1=O. The van der Waals surface area contributed by atoms with Crippen molar-refractivity contribution in [3.05, 3.63) is 88.9 Å². The first-order valence-electron chi connectivity index (χ1n) is 21.1. The molecule has 3 amide bonds. The van der Waals surface area contributed by atoms with Crippen LogP contribution in [0.4, 0.5) is 24.5 Å². The highest BCUT2D eigenvalue weighted by Crippen LogP contribution is 2.34. The molecule has 3 aliphatic heterocycles. The van der Waals surface area contributed by atoms with E-state index in [1.54, 1.807) is 11.2 Å². The molecule has 4 aromatic rings. The fraction of sp³-hybridized carbons (Fsp3) is 0.467. The number of fused-ring (bicyclic) bond motifs is 1. The van der Waals surface area contributed by atoms with Crippen molar-refractivity contribution in [2.45, 2.75) is 82.7 Å². The molecule has 3 aromatic carbocycles. The summed E-state index contributed by atoms with van der Waals surface area (Å²) in [5, 5.41) is 3.41. The number of amides is 3. The van der Waals surface area contributed by atoms with Gasteiger partial charge in [0.2, 0.25) is 11.8 Å². The molecule has 1 atom stereocenters. The number of carbonyl (C=O) groups is 4. The maximum atomic E-state index is 13.2. The van der Waals surface area contributed by atoms with E-state index < -0.39 is 18.2 Å². The van der Waals surface area contributed by atoms with Crippen molar-refractivity contribution < 1.29 is 37.1 Å². The molecule has 3 saturated heterocycles. The molecule has 324 valence electrons. The zero-order valence-electron chi connectivity index (χ0n) is 34.5. The Labute approximate surface area is 353 Å². The van der Waals surface area contributed by atoms with Gasteiger partial charge in [0.15, 0.2) is 0 Å². The summed E-state index contributed by atoms with van der Waals surface area (Å²) in [6.07, 6.45) is 5.16. The Kier molecular flexibility index (Phi) is 13.8. The highest BCUT2D eigenvalue weighted by molar-refractivity contribution is 6.00. The number of nitrogens with one attached hydrogen (secondary N) is 1. The van der Waals surface area contributed by atoms with Crippen LogP contribution in [0.5, 0.6) is 5.75 Å². The molecule has 0 bridgehead atoms. The Balaban J connectivity index is 0.829. The second-order valence-corrected chi connectivity index (χ2v) is 16.3. The number of alkyl halides is 3. The van der Waals surface area contributed by atoms with Crippen LogP contribution < -0.4 is 20.7 Å². The lowest BCUT2D eigenvalue weighted by Crippen LogP contribution is -2.51. The summed E-state index contributed by atoms with van der Waals surface area (Å²) in [5.74, 6) is -1.19. The number of likely N-dealkylation sites (N-methyl/N-ethyl adjacent to an activating group) is 1. The number of benzene rings is 3. The van der Waals surface area contributed by atoms with Crippen LogP contribution in [0.2, 0.25) is 0 Å². The highest BCUT2D eigenvalue weighted by Gasteiger charge is 2.33. The quantitative estimate of drug-likeness (QED) is 0.0618. The minimum absolute atomic E-state index is 0.0662. The van der Waals surface area contributed by atoms with E-state index in [-0.39, 0.29) is 34.9 Å². The molecular weight excluding hydrogens is 790 g/mol. The van der Waals surface area contributed by atoms with Crippen LogP contribution in [0.3, 0.4) is 0 Å². The minimum Gasteiger partial charge on any atom is -0.406 e. The molecule has 4 heterocycles. The second-order valence-electron chi connectivity index (χ2n) is 16.3. The van der Waals surface area contributed by atoms with E-state index in [0.717, 1.165) is 111 Å². The van der Waals surface area contributed by atoms with Gasteiger partial charge in [0.05, 0.1) is 22.8 Å². The Hall–Kier alpha value is -5.61. The summed E-state index contributed by atoms with van der Waals surface area (Å²) in [6.45, 7) is 6.28. The molecule has 0 spiro atoms. The van der Waals surface area contributed by atoms with Crippen molar-refractivity contribution >= 4 is 46.3 Å². The van der Waals surface area contributed by atoms with Gasteiger partial charge in [-0.05, 0) is 93.6 Å². The Morgan fingerprint density at radius 1 is 0.934 bits per heavy atom. The summed E-state index contributed by atoms with van der Waals surface area (Å²) < 4.78 is 41.8. The van der Waals surface area contributed by atoms with Gasteiger partial charge in [0.1, 0.15) is 18.4 Å². The van der Waals surface area contributed by atoms with Gasteiger partial charge >= 0.3 is 6.36 Å². The number of nitrogens with two attached hydrogens (primary N) is 1. The number of unbranched alkanes of at least 4 members (excludes halogenated alkanes) is 3. The number of aryl methyl sites for hydroxylation is 1. The van der Waals surface area contributed by atoms with Crippen molar-refractivity contribution in [2.24, 2.45) is 0 Å². The van der Waals surface area contributed by atoms with Gasteiger partial charge in [-0.2, -0.15) is 0 Å². The van der Waals surface area contributed by atoms with E-state index in [2.05, 4.69) is 54.1 Å². The number of hydrogen-bond acceptors (Lipinski definition) is 11. The van der Waals surface area contributed by atoms with Crippen molar-refractivity contribution in [1.82, 2.24) is 30.0 Å². The average molecular weight is 843 g/mol. The van der Waals surface area contributed by atoms with Crippen LogP contribution in [-0.4, -0.2) is 114 Å². The molecule has 0 radical (unpaired) electrons. The van der Waals surface area contributed by atoms with Gasteiger partial charge in [0.25, 0.3) is 5.91 Å². The smallest absolute Gasteiger partial charge is 0.406 e. The van der Waals surface area contributed by atoms with Crippen molar-refractivity contribution in [3.63, 3.8) is 0 Å². The summed E-state index contributed by atoms with van der Waals surface area (Å²) >= 11 is 0. The first-order valence-corrected chi connectivity index (χ1v) is 21.1. The normalized spacial score (nSPS) is 18.1. The molecule has 3 fully saturated rings. The third kappa shape index (κ3) is 11.0. The van der Waals surface area contributed by atoms with Gasteiger partial charge in [-0.3, -0.25) is 34.3 Å². The third-order valence-corrected chi connectivity index (χ3v) is 12.2. The number of aromatic nitrogens is 2. The first-order chi connectivity index (χ1) is 29.3. The lowest BCUT2D eigenvalue weighted by molar-refractivity contribution is -0.274. The number of nitrogens with zero attached hydrogens (tertiary/aromatic N) is 6. The number of anilines is 2. The van der Waals surface area contributed by atoms with Gasteiger partial charge in [-0.1, -0.05) is 31.0 Å². The van der Waals surface area contributed by atoms with Crippen LogP contribution in [-0.2, 0) is 22.6 Å². The Bertz CT molecular complexity index is 2220. The lowest BCUT2D eigenvalue weighted by Gasteiger charge is -2.36. The van der Waals surface area contributed by atoms with Gasteiger partial charge in [0, 0.05) is 86.5 Å². The Morgan fingerprint density at radius 2 is 1.70 bits per heavy atom. The van der Waals surface area contributed by atoms with Crippen LogP contribution in [0.25, 0.3) is 10.9 Å². The first kappa shape index (κ1) is 43.5. The molecule has 1 unspecified atom stereocenters. The van der Waals surface area contributed by atoms with E-state index in [1.165, 1.54) is 11.6 Å². The number of piperidine rings is 2. The van der Waals surface area contributed by atoms with E-state index in [4.69, 9.17) is 5.73 Å². The van der Waals surface area contributed by atoms with Gasteiger partial charge < -0.3 is 20.3 Å². The fourth-order valence-electron chi connectivity index (χ4n) is 8.84. The fourth-order valence-corrected chi connectivity index (χ4v) is 8.84. The number of carbonyl (C=O) groups excluding carboxylic acids is 4. The average Bonchev–Trinajstić information content (AvgIpc) is 3.24. The summed E-state index contributed by atoms with van der Waals surface area (Å²) in [6, 6.07) is 15.4. The number of likely N-dealkylation sites (tertiary alicyclic amines) is 1. The molecule has 61 heavy (non-hydrogen) atoms. The number of imide groups is 1.